The van der Waals surface area contributed by atoms with E-state index in [-0.39, 0.29) is 5.91 Å². The third kappa shape index (κ3) is 3.16. The van der Waals surface area contributed by atoms with Crippen molar-refractivity contribution in [3.63, 3.8) is 0 Å². The molecule has 3 rings (SSSR count). The van der Waals surface area contributed by atoms with Crippen molar-refractivity contribution < 1.29 is 4.79 Å². The van der Waals surface area contributed by atoms with Crippen molar-refractivity contribution in [2.75, 3.05) is 0 Å². The van der Waals surface area contributed by atoms with Crippen LogP contribution >= 0.6 is 23.2 Å². The van der Waals surface area contributed by atoms with E-state index in [0.717, 1.165) is 30.5 Å². The molecule has 0 saturated carbocycles. The maximum Gasteiger partial charge on any atom is 0.272 e. The van der Waals surface area contributed by atoms with Crippen LogP contribution in [0.1, 0.15) is 34.3 Å². The Hall–Kier alpha value is -1.84. The summed E-state index contributed by atoms with van der Waals surface area (Å²) in [5.41, 5.74) is 6.23. The van der Waals surface area contributed by atoms with E-state index in [9.17, 15) is 4.79 Å². The van der Waals surface area contributed by atoms with Crippen LogP contribution in [0.5, 0.6) is 0 Å². The number of carbonyl (C=O) groups is 1. The summed E-state index contributed by atoms with van der Waals surface area (Å²) in [6.07, 6.45) is 2.94. The van der Waals surface area contributed by atoms with Gasteiger partial charge in [0, 0.05) is 10.6 Å². The van der Waals surface area contributed by atoms with Crippen LogP contribution in [-0.4, -0.2) is 11.6 Å². The van der Waals surface area contributed by atoms with Gasteiger partial charge in [0.1, 0.15) is 0 Å². The second-order valence-electron chi connectivity index (χ2n) is 5.13. The standard InChI is InChI=1S/C17H14Cl2N2O/c18-12-8-9-14(15(19)10-12)17(22)21-20-16-7-3-5-11-4-1-2-6-13(11)16/h1-2,4,6,8-10H,3,5,7H2,(H,21,22)/b20-16+. The van der Waals surface area contributed by atoms with Gasteiger partial charge in [-0.15, -0.1) is 0 Å². The smallest absolute Gasteiger partial charge is 0.267 e. The zero-order valence-electron chi connectivity index (χ0n) is 11.8. The molecule has 0 radical (unpaired) electrons. The maximum absolute atomic E-state index is 12.2. The minimum atomic E-state index is -0.336. The maximum atomic E-state index is 12.2. The van der Waals surface area contributed by atoms with Gasteiger partial charge in [0.25, 0.3) is 5.91 Å². The Balaban J connectivity index is 1.81. The van der Waals surface area contributed by atoms with E-state index in [1.807, 2.05) is 18.2 Å². The molecule has 0 heterocycles. The fourth-order valence-corrected chi connectivity index (χ4v) is 3.06. The lowest BCUT2D eigenvalue weighted by molar-refractivity contribution is 0.0955. The van der Waals surface area contributed by atoms with Crippen molar-refractivity contribution >= 4 is 34.8 Å². The predicted octanol–water partition coefficient (Wildman–Crippen LogP) is 4.46. The number of nitrogens with one attached hydrogen (secondary N) is 1. The first-order valence-electron chi connectivity index (χ1n) is 7.05. The molecule has 1 amide bonds. The van der Waals surface area contributed by atoms with Gasteiger partial charge in [-0.05, 0) is 43.0 Å². The molecule has 0 fully saturated rings. The number of hydrazone groups is 1. The van der Waals surface area contributed by atoms with Crippen LogP contribution in [0.2, 0.25) is 10.0 Å². The van der Waals surface area contributed by atoms with Gasteiger partial charge in [0.05, 0.1) is 16.3 Å². The highest BCUT2D eigenvalue weighted by atomic mass is 35.5. The first-order chi connectivity index (χ1) is 10.6. The van der Waals surface area contributed by atoms with Crippen molar-refractivity contribution in [2.24, 2.45) is 5.10 Å². The Morgan fingerprint density at radius 1 is 1.09 bits per heavy atom. The van der Waals surface area contributed by atoms with Crippen LogP contribution in [-0.2, 0) is 6.42 Å². The summed E-state index contributed by atoms with van der Waals surface area (Å²) >= 11 is 11.9. The topological polar surface area (TPSA) is 41.5 Å². The molecule has 0 aromatic heterocycles. The molecule has 2 aromatic carbocycles. The zero-order chi connectivity index (χ0) is 15.5. The second kappa shape index (κ2) is 6.51. The Morgan fingerprint density at radius 3 is 2.73 bits per heavy atom. The van der Waals surface area contributed by atoms with Gasteiger partial charge < -0.3 is 0 Å². The average molecular weight is 333 g/mol. The number of fused-ring (bicyclic) bond motifs is 1. The molecule has 2 aromatic rings. The van der Waals surface area contributed by atoms with E-state index in [1.165, 1.54) is 5.56 Å². The summed E-state index contributed by atoms with van der Waals surface area (Å²) in [7, 11) is 0. The van der Waals surface area contributed by atoms with Gasteiger partial charge in [-0.1, -0.05) is 47.5 Å². The SMILES string of the molecule is O=C(N/N=C1\CCCc2ccccc21)c1ccc(Cl)cc1Cl. The molecular formula is C17H14Cl2N2O. The molecule has 1 N–H and O–H groups in total. The van der Waals surface area contributed by atoms with E-state index in [1.54, 1.807) is 18.2 Å². The van der Waals surface area contributed by atoms with Crippen LogP contribution in [0.3, 0.4) is 0 Å². The molecule has 0 aliphatic heterocycles. The number of hydrogen-bond acceptors (Lipinski definition) is 2. The Morgan fingerprint density at radius 2 is 1.91 bits per heavy atom. The lowest BCUT2D eigenvalue weighted by Crippen LogP contribution is -2.22. The molecular weight excluding hydrogens is 319 g/mol. The number of aryl methyl sites for hydroxylation is 1. The van der Waals surface area contributed by atoms with E-state index in [0.29, 0.717) is 15.6 Å². The van der Waals surface area contributed by atoms with Crippen LogP contribution in [0.4, 0.5) is 0 Å². The van der Waals surface area contributed by atoms with Gasteiger partial charge in [0.2, 0.25) is 0 Å². The van der Waals surface area contributed by atoms with E-state index in [2.05, 4.69) is 16.6 Å². The van der Waals surface area contributed by atoms with Crippen molar-refractivity contribution in [3.8, 4) is 0 Å². The molecule has 1 aliphatic carbocycles. The first-order valence-corrected chi connectivity index (χ1v) is 7.81. The highest BCUT2D eigenvalue weighted by Crippen LogP contribution is 2.22. The number of rotatable bonds is 2. The Kier molecular flexibility index (Phi) is 4.46. The first kappa shape index (κ1) is 15.1. The molecule has 0 spiro atoms. The second-order valence-corrected chi connectivity index (χ2v) is 5.98. The highest BCUT2D eigenvalue weighted by molar-refractivity contribution is 6.36. The molecule has 0 bridgehead atoms. The zero-order valence-corrected chi connectivity index (χ0v) is 13.3. The number of amides is 1. The van der Waals surface area contributed by atoms with Crippen LogP contribution in [0.15, 0.2) is 47.6 Å². The average Bonchev–Trinajstić information content (AvgIpc) is 2.52. The summed E-state index contributed by atoms with van der Waals surface area (Å²) in [4.78, 5) is 12.2. The molecule has 1 aliphatic rings. The van der Waals surface area contributed by atoms with Crippen molar-refractivity contribution in [1.82, 2.24) is 5.43 Å². The lowest BCUT2D eigenvalue weighted by Gasteiger charge is -2.17. The minimum Gasteiger partial charge on any atom is -0.267 e. The molecule has 22 heavy (non-hydrogen) atoms. The van der Waals surface area contributed by atoms with Gasteiger partial charge in [-0.2, -0.15) is 5.10 Å². The third-order valence-corrected chi connectivity index (χ3v) is 4.20. The van der Waals surface area contributed by atoms with Gasteiger partial charge in [-0.25, -0.2) is 5.43 Å². The largest absolute Gasteiger partial charge is 0.272 e. The molecule has 0 atom stereocenters. The summed E-state index contributed by atoms with van der Waals surface area (Å²) in [6.45, 7) is 0. The van der Waals surface area contributed by atoms with Gasteiger partial charge in [-0.3, -0.25) is 4.79 Å². The van der Waals surface area contributed by atoms with E-state index in [4.69, 9.17) is 23.2 Å². The summed E-state index contributed by atoms with van der Waals surface area (Å²) in [5.74, 6) is -0.336. The third-order valence-electron chi connectivity index (χ3n) is 3.66. The van der Waals surface area contributed by atoms with Gasteiger partial charge in [0.15, 0.2) is 0 Å². The lowest BCUT2D eigenvalue weighted by atomic mass is 9.90. The number of halogens is 2. The summed E-state index contributed by atoms with van der Waals surface area (Å²) in [5, 5.41) is 5.10. The normalized spacial score (nSPS) is 15.5. The molecule has 0 saturated heterocycles. The molecule has 0 unspecified atom stereocenters. The van der Waals surface area contributed by atoms with Crippen LogP contribution in [0.25, 0.3) is 0 Å². The number of carbonyl (C=O) groups excluding carboxylic acids is 1. The molecule has 3 nitrogen and oxygen atoms in total. The molecule has 5 heteroatoms. The fourth-order valence-electron chi connectivity index (χ4n) is 2.57. The Bertz CT molecular complexity index is 756. The van der Waals surface area contributed by atoms with Crippen molar-refractivity contribution in [3.05, 3.63) is 69.2 Å². The highest BCUT2D eigenvalue weighted by Gasteiger charge is 2.16. The Labute approximate surface area is 138 Å². The van der Waals surface area contributed by atoms with Crippen LogP contribution in [0, 0.1) is 0 Å². The minimum absolute atomic E-state index is 0.314. The summed E-state index contributed by atoms with van der Waals surface area (Å²) in [6, 6.07) is 12.9. The predicted molar refractivity (Wildman–Crippen MR) is 89.8 cm³/mol. The number of nitrogens with zero attached hydrogens (tertiary/aromatic N) is 1. The number of benzene rings is 2. The van der Waals surface area contributed by atoms with Crippen molar-refractivity contribution in [1.29, 1.82) is 0 Å². The summed E-state index contributed by atoms with van der Waals surface area (Å²) < 4.78 is 0. The fraction of sp³-hybridized carbons (Fsp3) is 0.176. The van der Waals surface area contributed by atoms with Gasteiger partial charge >= 0.3 is 0 Å². The van der Waals surface area contributed by atoms with Crippen LogP contribution < -0.4 is 5.43 Å². The number of hydrogen-bond donors (Lipinski definition) is 1. The van der Waals surface area contributed by atoms with E-state index < -0.39 is 0 Å². The van der Waals surface area contributed by atoms with E-state index >= 15 is 0 Å². The van der Waals surface area contributed by atoms with Crippen molar-refractivity contribution in [2.45, 2.75) is 19.3 Å². The monoisotopic (exact) mass is 332 g/mol. The quantitative estimate of drug-likeness (QED) is 0.810. The molecule has 112 valence electrons.